The van der Waals surface area contributed by atoms with Crippen LogP contribution in [0.5, 0.6) is 5.75 Å². The minimum Gasteiger partial charge on any atom is -0.483 e. The molecule has 0 bridgehead atoms. The maximum absolute atomic E-state index is 13.3. The summed E-state index contributed by atoms with van der Waals surface area (Å²) in [6, 6.07) is 12.6. The molecule has 0 saturated heterocycles. The monoisotopic (exact) mass is 536 g/mol. The highest BCUT2D eigenvalue weighted by Crippen LogP contribution is 2.29. The van der Waals surface area contributed by atoms with Crippen molar-refractivity contribution in [2.24, 2.45) is 0 Å². The van der Waals surface area contributed by atoms with Crippen LogP contribution < -0.4 is 10.1 Å². The van der Waals surface area contributed by atoms with Gasteiger partial charge >= 0.3 is 0 Å². The van der Waals surface area contributed by atoms with Gasteiger partial charge in [-0.05, 0) is 70.9 Å². The maximum atomic E-state index is 13.3. The summed E-state index contributed by atoms with van der Waals surface area (Å²) < 4.78 is 6.65. The molecule has 0 fully saturated rings. The van der Waals surface area contributed by atoms with E-state index in [0.717, 1.165) is 16.5 Å². The molecule has 0 heterocycles. The van der Waals surface area contributed by atoms with Gasteiger partial charge in [0.2, 0.25) is 5.91 Å². The molecule has 0 aliphatic rings. The van der Waals surface area contributed by atoms with Crippen LogP contribution in [-0.2, 0) is 16.1 Å². The third kappa shape index (κ3) is 7.75. The number of carbonyl (C=O) groups excluding carboxylic acids is 2. The number of benzene rings is 2. The Labute approximate surface area is 211 Å². The van der Waals surface area contributed by atoms with Gasteiger partial charge in [-0.3, -0.25) is 9.59 Å². The minimum atomic E-state index is -0.627. The summed E-state index contributed by atoms with van der Waals surface area (Å²) in [7, 11) is 0. The molecule has 2 rings (SSSR count). The first-order chi connectivity index (χ1) is 15.7. The second kappa shape index (κ2) is 13.0. The van der Waals surface area contributed by atoms with E-state index in [1.807, 2.05) is 57.2 Å². The molecule has 33 heavy (non-hydrogen) atoms. The SMILES string of the molecule is CC[C@@H](C)NC(=O)[C@H](CC)N(Cc1ccccc1Cl)C(=O)COc1ccc(C(C)C)cc1Br. The molecule has 1 N–H and O–H groups in total. The van der Waals surface area contributed by atoms with E-state index in [0.29, 0.717) is 23.1 Å². The summed E-state index contributed by atoms with van der Waals surface area (Å²) in [5.74, 6) is 0.524. The second-order valence-electron chi connectivity index (χ2n) is 8.49. The van der Waals surface area contributed by atoms with E-state index in [-0.39, 0.29) is 31.0 Å². The van der Waals surface area contributed by atoms with Crippen molar-refractivity contribution >= 4 is 39.3 Å². The number of nitrogens with zero attached hydrogens (tertiary/aromatic N) is 1. The van der Waals surface area contributed by atoms with Crippen molar-refractivity contribution in [3.63, 3.8) is 0 Å². The van der Waals surface area contributed by atoms with Gasteiger partial charge in [0.15, 0.2) is 6.61 Å². The molecule has 0 aromatic heterocycles. The number of ether oxygens (including phenoxy) is 1. The number of hydrogen-bond acceptors (Lipinski definition) is 3. The van der Waals surface area contributed by atoms with Gasteiger partial charge in [-0.25, -0.2) is 0 Å². The molecular weight excluding hydrogens is 504 g/mol. The summed E-state index contributed by atoms with van der Waals surface area (Å²) >= 11 is 9.90. The van der Waals surface area contributed by atoms with Gasteiger partial charge < -0.3 is 15.0 Å². The number of nitrogens with one attached hydrogen (secondary N) is 1. The molecule has 7 heteroatoms. The molecule has 0 saturated carbocycles. The molecule has 180 valence electrons. The lowest BCUT2D eigenvalue weighted by atomic mass is 10.0. The highest BCUT2D eigenvalue weighted by molar-refractivity contribution is 9.10. The van der Waals surface area contributed by atoms with Crippen LogP contribution in [0.3, 0.4) is 0 Å². The summed E-state index contributed by atoms with van der Waals surface area (Å²) in [5.41, 5.74) is 1.96. The van der Waals surface area contributed by atoms with Crippen molar-refractivity contribution in [3.8, 4) is 5.75 Å². The first-order valence-corrected chi connectivity index (χ1v) is 12.6. The lowest BCUT2D eigenvalue weighted by Crippen LogP contribution is -2.51. The van der Waals surface area contributed by atoms with Crippen LogP contribution in [-0.4, -0.2) is 35.4 Å². The van der Waals surface area contributed by atoms with Crippen LogP contribution in [0.2, 0.25) is 5.02 Å². The van der Waals surface area contributed by atoms with Crippen molar-refractivity contribution in [1.82, 2.24) is 10.2 Å². The zero-order valence-corrected chi connectivity index (χ0v) is 22.4. The quantitative estimate of drug-likeness (QED) is 0.364. The Bertz CT molecular complexity index is 951. The zero-order chi connectivity index (χ0) is 24.5. The summed E-state index contributed by atoms with van der Waals surface area (Å²) in [6.45, 7) is 10.1. The number of amides is 2. The summed E-state index contributed by atoms with van der Waals surface area (Å²) in [5, 5.41) is 3.56. The van der Waals surface area contributed by atoms with Gasteiger partial charge in [0, 0.05) is 17.6 Å². The van der Waals surface area contributed by atoms with Gasteiger partial charge in [0.05, 0.1) is 4.47 Å². The molecule has 0 unspecified atom stereocenters. The van der Waals surface area contributed by atoms with E-state index >= 15 is 0 Å². The second-order valence-corrected chi connectivity index (χ2v) is 9.75. The van der Waals surface area contributed by atoms with Gasteiger partial charge in [0.1, 0.15) is 11.8 Å². The average molecular weight is 538 g/mol. The Morgan fingerprint density at radius 2 is 1.79 bits per heavy atom. The number of carbonyl (C=O) groups is 2. The minimum absolute atomic E-state index is 0.0236. The van der Waals surface area contributed by atoms with Gasteiger partial charge in [0.25, 0.3) is 5.91 Å². The lowest BCUT2D eigenvalue weighted by Gasteiger charge is -2.31. The summed E-state index contributed by atoms with van der Waals surface area (Å²) in [4.78, 5) is 27.9. The Balaban J connectivity index is 2.25. The van der Waals surface area contributed by atoms with E-state index in [1.165, 1.54) is 5.56 Å². The predicted octanol–water partition coefficient (Wildman–Crippen LogP) is 6.33. The molecule has 5 nitrogen and oxygen atoms in total. The number of rotatable bonds is 11. The number of hydrogen-bond donors (Lipinski definition) is 1. The average Bonchev–Trinajstić information content (AvgIpc) is 2.78. The molecular formula is C26H34BrClN2O3. The molecule has 0 radical (unpaired) electrons. The molecule has 2 aromatic carbocycles. The van der Waals surface area contributed by atoms with Crippen molar-refractivity contribution < 1.29 is 14.3 Å². The topological polar surface area (TPSA) is 58.6 Å². The van der Waals surface area contributed by atoms with Crippen LogP contribution in [0.1, 0.15) is 64.5 Å². The molecule has 0 aliphatic heterocycles. The van der Waals surface area contributed by atoms with E-state index in [2.05, 4.69) is 35.1 Å². The fourth-order valence-electron chi connectivity index (χ4n) is 3.39. The van der Waals surface area contributed by atoms with Crippen LogP contribution in [0.4, 0.5) is 0 Å². The standard InChI is InChI=1S/C26H34BrClN2O3/c1-6-18(5)29-26(32)23(7-2)30(15-20-10-8-9-11-22(20)28)25(31)16-33-24-13-12-19(17(3)4)14-21(24)27/h8-14,17-18,23H,6-7,15-16H2,1-5H3,(H,29,32)/t18-,23+/m1/s1. The van der Waals surface area contributed by atoms with E-state index in [9.17, 15) is 9.59 Å². The van der Waals surface area contributed by atoms with Crippen LogP contribution in [0, 0.1) is 0 Å². The smallest absolute Gasteiger partial charge is 0.261 e. The van der Waals surface area contributed by atoms with E-state index in [1.54, 1.807) is 11.0 Å². The molecule has 0 aliphatic carbocycles. The fourth-order valence-corrected chi connectivity index (χ4v) is 4.09. The van der Waals surface area contributed by atoms with Crippen LogP contribution in [0.15, 0.2) is 46.9 Å². The first-order valence-electron chi connectivity index (χ1n) is 11.4. The number of halogens is 2. The zero-order valence-electron chi connectivity index (χ0n) is 20.0. The Morgan fingerprint density at radius 3 is 2.36 bits per heavy atom. The third-order valence-electron chi connectivity index (χ3n) is 5.66. The summed E-state index contributed by atoms with van der Waals surface area (Å²) in [6.07, 6.45) is 1.29. The maximum Gasteiger partial charge on any atom is 0.261 e. The largest absolute Gasteiger partial charge is 0.483 e. The molecule has 2 atom stereocenters. The van der Waals surface area contributed by atoms with E-state index in [4.69, 9.17) is 16.3 Å². The highest BCUT2D eigenvalue weighted by atomic mass is 79.9. The fraction of sp³-hybridized carbons (Fsp3) is 0.462. The van der Waals surface area contributed by atoms with Gasteiger partial charge in [-0.1, -0.05) is 63.6 Å². The van der Waals surface area contributed by atoms with Crippen LogP contribution >= 0.6 is 27.5 Å². The van der Waals surface area contributed by atoms with Crippen molar-refractivity contribution in [2.75, 3.05) is 6.61 Å². The third-order valence-corrected chi connectivity index (χ3v) is 6.65. The highest BCUT2D eigenvalue weighted by Gasteiger charge is 2.30. The Morgan fingerprint density at radius 1 is 1.09 bits per heavy atom. The Kier molecular flexibility index (Phi) is 10.7. The normalized spacial score (nSPS) is 12.8. The van der Waals surface area contributed by atoms with Crippen molar-refractivity contribution in [3.05, 3.63) is 63.1 Å². The van der Waals surface area contributed by atoms with Crippen molar-refractivity contribution in [2.45, 2.75) is 72.0 Å². The van der Waals surface area contributed by atoms with Crippen molar-refractivity contribution in [1.29, 1.82) is 0 Å². The van der Waals surface area contributed by atoms with Gasteiger partial charge in [-0.15, -0.1) is 0 Å². The predicted molar refractivity (Wildman–Crippen MR) is 138 cm³/mol. The molecule has 2 amide bonds. The lowest BCUT2D eigenvalue weighted by molar-refractivity contribution is -0.143. The molecule has 2 aromatic rings. The van der Waals surface area contributed by atoms with Crippen LogP contribution in [0.25, 0.3) is 0 Å². The van der Waals surface area contributed by atoms with E-state index < -0.39 is 6.04 Å². The molecule has 0 spiro atoms. The first kappa shape index (κ1) is 27.2. The van der Waals surface area contributed by atoms with Gasteiger partial charge in [-0.2, -0.15) is 0 Å². The Hall–Kier alpha value is -2.05.